The van der Waals surface area contributed by atoms with E-state index in [1.54, 1.807) is 30.6 Å². The molecule has 12 heteroatoms. The average molecular weight is 551 g/mol. The molecule has 0 radical (unpaired) electrons. The first-order chi connectivity index (χ1) is 18.9. The second-order valence-electron chi connectivity index (χ2n) is 8.86. The average Bonchev–Trinajstić information content (AvgIpc) is 3.40. The van der Waals surface area contributed by atoms with Crippen molar-refractivity contribution in [2.75, 3.05) is 12.4 Å². The number of thiophene rings is 1. The molecule has 0 atom stereocenters. The zero-order chi connectivity index (χ0) is 28.0. The van der Waals surface area contributed by atoms with Gasteiger partial charge in [0, 0.05) is 17.4 Å². The molecule has 0 fully saturated rings. The van der Waals surface area contributed by atoms with E-state index in [2.05, 4.69) is 32.9 Å². The van der Waals surface area contributed by atoms with Crippen LogP contribution in [-0.2, 0) is 4.79 Å². The van der Waals surface area contributed by atoms with Gasteiger partial charge >= 0.3 is 0 Å². The zero-order valence-electron chi connectivity index (χ0n) is 22.2. The number of nitrogens with zero attached hydrogens (tertiary/aromatic N) is 4. The van der Waals surface area contributed by atoms with Gasteiger partial charge < -0.3 is 15.8 Å². The van der Waals surface area contributed by atoms with Gasteiger partial charge in [0.15, 0.2) is 0 Å². The Kier molecular flexibility index (Phi) is 11.5. The Bertz CT molecular complexity index is 1310. The molecule has 2 aromatic heterocycles. The number of benzene rings is 1. The minimum absolute atomic E-state index is 0.0195. The van der Waals surface area contributed by atoms with Crippen LogP contribution in [0.4, 0.5) is 5.69 Å². The van der Waals surface area contributed by atoms with Crippen molar-refractivity contribution in [3.63, 3.8) is 0 Å². The number of anilines is 1. The fraction of sp³-hybridized carbons (Fsp3) is 0.370. The third kappa shape index (κ3) is 8.95. The highest BCUT2D eigenvalue weighted by Crippen LogP contribution is 2.31. The van der Waals surface area contributed by atoms with Crippen LogP contribution in [0, 0.1) is 5.53 Å². The lowest BCUT2D eigenvalue weighted by atomic mass is 10.1. The van der Waals surface area contributed by atoms with Gasteiger partial charge in [0.2, 0.25) is 11.9 Å². The number of nitrogens with two attached hydrogens (primary N) is 1. The van der Waals surface area contributed by atoms with Crippen LogP contribution >= 0.6 is 11.3 Å². The first-order valence-corrected chi connectivity index (χ1v) is 13.7. The Balaban J connectivity index is 1.64. The van der Waals surface area contributed by atoms with Crippen LogP contribution in [0.25, 0.3) is 21.8 Å². The smallest absolute Gasteiger partial charge is 0.261 e. The highest BCUT2D eigenvalue weighted by Gasteiger charge is 2.16. The predicted octanol–water partition coefficient (Wildman–Crippen LogP) is 5.95. The molecule has 0 spiro atoms. The Morgan fingerprint density at radius 3 is 2.56 bits per heavy atom. The second kappa shape index (κ2) is 15.3. The van der Waals surface area contributed by atoms with Crippen molar-refractivity contribution in [3.05, 3.63) is 47.6 Å². The second-order valence-corrected chi connectivity index (χ2v) is 9.77. The van der Waals surface area contributed by atoms with Crippen LogP contribution in [0.2, 0.25) is 0 Å². The van der Waals surface area contributed by atoms with Gasteiger partial charge in [-0.2, -0.15) is 5.53 Å². The van der Waals surface area contributed by atoms with Crippen molar-refractivity contribution >= 4 is 34.8 Å². The maximum Gasteiger partial charge on any atom is 0.261 e. The van der Waals surface area contributed by atoms with Crippen LogP contribution in [-0.4, -0.2) is 34.9 Å². The van der Waals surface area contributed by atoms with Crippen LogP contribution in [0.1, 0.15) is 68.6 Å². The largest absolute Gasteiger partial charge is 0.496 e. The Hall–Kier alpha value is -4.19. The van der Waals surface area contributed by atoms with E-state index in [1.165, 1.54) is 50.6 Å². The highest BCUT2D eigenvalue weighted by atomic mass is 32.1. The standard InChI is InChI=1S/C27H34N8O3S/c1-3-4-5-6-7-8-9-10-25(36)31-19-14-24(39-17-19)22-16-30-15-21(32-22)18-11-12-20(23(13-18)38-2)26(37)33-27(28)34-35-29/h11-17H,3-10H2,1-2H3,(H,31,36)(H4,28,29,33,34,37). The van der Waals surface area contributed by atoms with E-state index >= 15 is 0 Å². The van der Waals surface area contributed by atoms with E-state index in [-0.39, 0.29) is 17.4 Å². The molecule has 2 heterocycles. The lowest BCUT2D eigenvalue weighted by molar-refractivity contribution is -0.116. The number of hydrogen-bond acceptors (Lipinski definition) is 8. The number of ether oxygens (including phenoxy) is 1. The number of amides is 2. The van der Waals surface area contributed by atoms with Gasteiger partial charge in [0.1, 0.15) is 5.75 Å². The highest BCUT2D eigenvalue weighted by molar-refractivity contribution is 7.14. The van der Waals surface area contributed by atoms with E-state index in [9.17, 15) is 9.59 Å². The number of guanidine groups is 1. The number of carbonyl (C=O) groups excluding carboxylic acids is 2. The Morgan fingerprint density at radius 1 is 1.08 bits per heavy atom. The van der Waals surface area contributed by atoms with E-state index in [4.69, 9.17) is 21.0 Å². The lowest BCUT2D eigenvalue weighted by Gasteiger charge is -2.11. The predicted molar refractivity (Wildman–Crippen MR) is 153 cm³/mol. The number of aromatic nitrogens is 2. The fourth-order valence-corrected chi connectivity index (χ4v) is 4.72. The molecule has 0 saturated heterocycles. The van der Waals surface area contributed by atoms with Gasteiger partial charge in [-0.25, -0.2) is 4.98 Å². The van der Waals surface area contributed by atoms with Crippen molar-refractivity contribution in [2.45, 2.75) is 58.3 Å². The van der Waals surface area contributed by atoms with Crippen molar-refractivity contribution in [1.82, 2.24) is 15.3 Å². The third-order valence-corrected chi connectivity index (χ3v) is 6.87. The molecule has 0 aliphatic carbocycles. The summed E-state index contributed by atoms with van der Waals surface area (Å²) in [5.41, 5.74) is 15.1. The minimum Gasteiger partial charge on any atom is -0.496 e. The number of nitrogens with one attached hydrogen (secondary N) is 3. The molecule has 2 amide bonds. The van der Waals surface area contributed by atoms with Crippen LogP contribution in [0.3, 0.4) is 0 Å². The van der Waals surface area contributed by atoms with Gasteiger partial charge in [0.05, 0.1) is 47.0 Å². The quantitative estimate of drug-likeness (QED) is 0.0636. The normalized spacial score (nSPS) is 11.2. The summed E-state index contributed by atoms with van der Waals surface area (Å²) in [6, 6.07) is 6.86. The molecular weight excluding hydrogens is 516 g/mol. The molecule has 3 rings (SSSR count). The van der Waals surface area contributed by atoms with E-state index < -0.39 is 5.91 Å². The molecule has 206 valence electrons. The van der Waals surface area contributed by atoms with Gasteiger partial charge in [-0.3, -0.25) is 19.9 Å². The molecule has 5 N–H and O–H groups in total. The first-order valence-electron chi connectivity index (χ1n) is 12.9. The number of methoxy groups -OCH3 is 1. The maximum absolute atomic E-state index is 12.5. The summed E-state index contributed by atoms with van der Waals surface area (Å²) >= 11 is 1.47. The number of rotatable bonds is 14. The SMILES string of the molecule is CCCCCCCCCC(=O)Nc1csc(-c2cncc(-c3ccc(C(=O)N/C(N)=N/N=N)c(OC)c3)n2)c1. The topological polar surface area (TPSA) is 168 Å². The molecule has 0 bridgehead atoms. The van der Waals surface area contributed by atoms with Crippen LogP contribution in [0.5, 0.6) is 5.75 Å². The molecule has 1 aromatic carbocycles. The molecule has 11 nitrogen and oxygen atoms in total. The Morgan fingerprint density at radius 2 is 1.82 bits per heavy atom. The third-order valence-electron chi connectivity index (χ3n) is 5.92. The van der Waals surface area contributed by atoms with Gasteiger partial charge in [0.25, 0.3) is 5.91 Å². The zero-order valence-corrected chi connectivity index (χ0v) is 23.0. The van der Waals surface area contributed by atoms with Gasteiger partial charge in [-0.1, -0.05) is 56.6 Å². The summed E-state index contributed by atoms with van der Waals surface area (Å²) in [5, 5.41) is 13.3. The van der Waals surface area contributed by atoms with Gasteiger partial charge in [-0.15, -0.1) is 11.3 Å². The monoisotopic (exact) mass is 550 g/mol. The summed E-state index contributed by atoms with van der Waals surface area (Å²) in [6.45, 7) is 2.21. The van der Waals surface area contributed by atoms with Crippen molar-refractivity contribution in [3.8, 4) is 27.6 Å². The van der Waals surface area contributed by atoms with Crippen molar-refractivity contribution < 1.29 is 14.3 Å². The number of carbonyl (C=O) groups is 2. The van der Waals surface area contributed by atoms with Crippen LogP contribution < -0.4 is 21.1 Å². The molecule has 0 unspecified atom stereocenters. The molecular formula is C27H34N8O3S. The molecule has 0 aliphatic rings. The summed E-state index contributed by atoms with van der Waals surface area (Å²) in [5.74, 6) is -0.534. The summed E-state index contributed by atoms with van der Waals surface area (Å²) in [4.78, 5) is 34.8. The van der Waals surface area contributed by atoms with E-state index in [0.29, 0.717) is 29.1 Å². The summed E-state index contributed by atoms with van der Waals surface area (Å²) in [6.07, 6.45) is 12.0. The molecule has 39 heavy (non-hydrogen) atoms. The van der Waals surface area contributed by atoms with E-state index in [0.717, 1.165) is 23.4 Å². The van der Waals surface area contributed by atoms with Crippen LogP contribution in [0.15, 0.2) is 52.4 Å². The summed E-state index contributed by atoms with van der Waals surface area (Å²) in [7, 11) is 1.45. The number of unbranched alkanes of at least 4 members (excludes halogenated alkanes) is 6. The minimum atomic E-state index is -0.553. The summed E-state index contributed by atoms with van der Waals surface area (Å²) < 4.78 is 5.39. The molecule has 0 saturated carbocycles. The lowest BCUT2D eigenvalue weighted by Crippen LogP contribution is -2.36. The maximum atomic E-state index is 12.5. The van der Waals surface area contributed by atoms with Crippen molar-refractivity contribution in [1.29, 1.82) is 5.53 Å². The molecule has 0 aliphatic heterocycles. The fourth-order valence-electron chi connectivity index (χ4n) is 3.93. The Labute approximate surface area is 231 Å². The first kappa shape index (κ1) is 29.4. The van der Waals surface area contributed by atoms with E-state index in [1.807, 2.05) is 11.4 Å². The number of hydrogen-bond donors (Lipinski definition) is 4. The van der Waals surface area contributed by atoms with Gasteiger partial charge in [-0.05, 0) is 29.8 Å². The molecule has 3 aromatic rings. The van der Waals surface area contributed by atoms with Crippen molar-refractivity contribution in [2.24, 2.45) is 16.1 Å².